The highest BCUT2D eigenvalue weighted by molar-refractivity contribution is 14.1. The second kappa shape index (κ2) is 3.27. The first-order valence-corrected chi connectivity index (χ1v) is 3.73. The van der Waals surface area contributed by atoms with Gasteiger partial charge < -0.3 is 0 Å². The van der Waals surface area contributed by atoms with Crippen LogP contribution >= 0.6 is 22.6 Å². The maximum absolute atomic E-state index is 11.7. The molecular weight excluding hydrogens is 253 g/mol. The largest absolute Gasteiger partial charge is 0.257 e. The summed E-state index contributed by atoms with van der Waals surface area (Å²) in [4.78, 5) is 0. The quantitative estimate of drug-likeness (QED) is 0.739. The van der Waals surface area contributed by atoms with Crippen molar-refractivity contribution < 1.29 is 8.78 Å². The number of halogens is 3. The molecule has 0 bridgehead atoms. The van der Waals surface area contributed by atoms with Crippen molar-refractivity contribution in [2.45, 2.75) is 13.0 Å². The van der Waals surface area contributed by atoms with E-state index in [2.05, 4.69) is 5.10 Å². The third-order valence-electron chi connectivity index (χ3n) is 0.976. The molecule has 0 aliphatic heterocycles. The monoisotopic (exact) mass is 258 g/mol. The summed E-state index contributed by atoms with van der Waals surface area (Å²) < 4.78 is 25.4. The van der Waals surface area contributed by atoms with Crippen molar-refractivity contribution in [1.82, 2.24) is 9.78 Å². The van der Waals surface area contributed by atoms with E-state index in [0.717, 1.165) is 3.70 Å². The van der Waals surface area contributed by atoms with Gasteiger partial charge in [0.05, 0.1) is 9.90 Å². The Bertz CT molecular complexity index is 211. The van der Waals surface area contributed by atoms with E-state index in [1.54, 1.807) is 6.07 Å². The molecule has 1 rings (SSSR count). The molecule has 0 aromatic carbocycles. The fourth-order valence-corrected chi connectivity index (χ4v) is 1.06. The van der Waals surface area contributed by atoms with Gasteiger partial charge in [-0.05, 0) is 28.7 Å². The predicted octanol–water partition coefficient (Wildman–Crippen LogP) is 1.75. The van der Waals surface area contributed by atoms with Crippen molar-refractivity contribution in [2.24, 2.45) is 0 Å². The van der Waals surface area contributed by atoms with Crippen LogP contribution in [0.25, 0.3) is 0 Å². The molecule has 0 aliphatic carbocycles. The van der Waals surface area contributed by atoms with Crippen LogP contribution in [0.1, 0.15) is 0 Å². The fraction of sp³-hybridized carbons (Fsp3) is 0.400. The summed E-state index contributed by atoms with van der Waals surface area (Å²) in [6, 6.07) is 1.68. The molecule has 0 radical (unpaired) electrons. The third-order valence-corrected chi connectivity index (χ3v) is 1.89. The molecule has 5 heteroatoms. The Labute approximate surface area is 70.4 Å². The molecule has 0 saturated carbocycles. The Morgan fingerprint density at radius 2 is 2.40 bits per heavy atom. The Morgan fingerprint density at radius 3 is 2.80 bits per heavy atom. The highest BCUT2D eigenvalue weighted by atomic mass is 127. The molecule has 0 aliphatic rings. The van der Waals surface area contributed by atoms with Crippen molar-refractivity contribution >= 4 is 22.6 Å². The van der Waals surface area contributed by atoms with Crippen molar-refractivity contribution in [3.05, 3.63) is 16.0 Å². The molecule has 0 saturated heterocycles. The van der Waals surface area contributed by atoms with E-state index in [1.165, 1.54) is 10.9 Å². The summed E-state index contributed by atoms with van der Waals surface area (Å²) in [5.74, 6) is 0. The van der Waals surface area contributed by atoms with Gasteiger partial charge in [0.1, 0.15) is 6.54 Å². The lowest BCUT2D eigenvalue weighted by molar-refractivity contribution is 0.121. The molecule has 1 aromatic rings. The number of rotatable bonds is 2. The van der Waals surface area contributed by atoms with E-state index < -0.39 is 6.43 Å². The lowest BCUT2D eigenvalue weighted by Crippen LogP contribution is -2.09. The Hall–Kier alpha value is -0.200. The standard InChI is InChI=1S/C5H5F2IN2/c6-4(7)3-10-5(8)1-2-9-10/h1-2,4H,3H2. The van der Waals surface area contributed by atoms with Crippen LogP contribution in [-0.4, -0.2) is 16.2 Å². The van der Waals surface area contributed by atoms with Gasteiger partial charge in [-0.1, -0.05) is 0 Å². The van der Waals surface area contributed by atoms with Crippen LogP contribution in [0.3, 0.4) is 0 Å². The van der Waals surface area contributed by atoms with Gasteiger partial charge in [-0.15, -0.1) is 0 Å². The molecule has 1 aromatic heterocycles. The zero-order valence-corrected chi connectivity index (χ0v) is 7.12. The predicted molar refractivity (Wildman–Crippen MR) is 40.9 cm³/mol. The minimum atomic E-state index is -2.33. The van der Waals surface area contributed by atoms with Crippen LogP contribution in [0.5, 0.6) is 0 Å². The summed E-state index contributed by atoms with van der Waals surface area (Å²) in [5.41, 5.74) is 0. The molecule has 0 spiro atoms. The fourth-order valence-electron chi connectivity index (χ4n) is 0.582. The molecule has 0 fully saturated rings. The summed E-state index contributed by atoms with van der Waals surface area (Å²) in [5, 5.41) is 3.69. The number of nitrogens with zero attached hydrogens (tertiary/aromatic N) is 2. The Kier molecular flexibility index (Phi) is 2.58. The van der Waals surface area contributed by atoms with Crippen LogP contribution in [-0.2, 0) is 6.54 Å². The van der Waals surface area contributed by atoms with Crippen LogP contribution in [0, 0.1) is 3.70 Å². The molecule has 10 heavy (non-hydrogen) atoms. The molecular formula is C5H5F2IN2. The summed E-state index contributed by atoms with van der Waals surface area (Å²) in [7, 11) is 0. The third kappa shape index (κ3) is 1.89. The van der Waals surface area contributed by atoms with Gasteiger partial charge in [0.25, 0.3) is 6.43 Å². The second-order valence-corrected chi connectivity index (χ2v) is 2.83. The zero-order chi connectivity index (χ0) is 7.56. The maximum atomic E-state index is 11.7. The molecule has 2 nitrogen and oxygen atoms in total. The van der Waals surface area contributed by atoms with E-state index in [4.69, 9.17) is 0 Å². The second-order valence-electron chi connectivity index (χ2n) is 1.73. The summed E-state index contributed by atoms with van der Waals surface area (Å²) in [6.07, 6.45) is -0.821. The Morgan fingerprint density at radius 1 is 1.70 bits per heavy atom. The molecule has 0 N–H and O–H groups in total. The number of hydrogen-bond acceptors (Lipinski definition) is 1. The normalized spacial score (nSPS) is 10.8. The van der Waals surface area contributed by atoms with Crippen LogP contribution < -0.4 is 0 Å². The van der Waals surface area contributed by atoms with Gasteiger partial charge in [0.2, 0.25) is 0 Å². The molecule has 0 atom stereocenters. The van der Waals surface area contributed by atoms with Crippen molar-refractivity contribution in [2.75, 3.05) is 0 Å². The maximum Gasteiger partial charge on any atom is 0.257 e. The molecule has 1 heterocycles. The molecule has 0 unspecified atom stereocenters. The average molecular weight is 258 g/mol. The molecule has 0 amide bonds. The first-order chi connectivity index (χ1) is 4.70. The molecule has 56 valence electrons. The highest BCUT2D eigenvalue weighted by Crippen LogP contribution is 2.05. The topological polar surface area (TPSA) is 17.8 Å². The number of hydrogen-bond donors (Lipinski definition) is 0. The minimum Gasteiger partial charge on any atom is -0.254 e. The van der Waals surface area contributed by atoms with E-state index in [1.807, 2.05) is 22.6 Å². The smallest absolute Gasteiger partial charge is 0.254 e. The SMILES string of the molecule is FC(F)Cn1nccc1I. The summed E-state index contributed by atoms with van der Waals surface area (Å²) >= 11 is 1.96. The highest BCUT2D eigenvalue weighted by Gasteiger charge is 2.05. The van der Waals surface area contributed by atoms with E-state index in [9.17, 15) is 8.78 Å². The lowest BCUT2D eigenvalue weighted by atomic mass is 10.7. The van der Waals surface area contributed by atoms with E-state index in [0.29, 0.717) is 0 Å². The van der Waals surface area contributed by atoms with E-state index in [-0.39, 0.29) is 6.54 Å². The van der Waals surface area contributed by atoms with Crippen molar-refractivity contribution in [3.63, 3.8) is 0 Å². The minimum absolute atomic E-state index is 0.314. The first kappa shape index (κ1) is 7.90. The van der Waals surface area contributed by atoms with Gasteiger partial charge in [-0.25, -0.2) is 8.78 Å². The van der Waals surface area contributed by atoms with Crippen molar-refractivity contribution in [1.29, 1.82) is 0 Å². The average Bonchev–Trinajstić information content (AvgIpc) is 2.15. The van der Waals surface area contributed by atoms with Gasteiger partial charge >= 0.3 is 0 Å². The van der Waals surface area contributed by atoms with Gasteiger partial charge in [-0.3, -0.25) is 4.68 Å². The van der Waals surface area contributed by atoms with Crippen molar-refractivity contribution in [3.8, 4) is 0 Å². The zero-order valence-electron chi connectivity index (χ0n) is 4.97. The number of aromatic nitrogens is 2. The lowest BCUT2D eigenvalue weighted by Gasteiger charge is -1.99. The van der Waals surface area contributed by atoms with Gasteiger partial charge in [-0.2, -0.15) is 5.10 Å². The summed E-state index contributed by atoms with van der Waals surface area (Å²) in [6.45, 7) is -0.314. The number of alkyl halides is 2. The van der Waals surface area contributed by atoms with Gasteiger partial charge in [0, 0.05) is 0 Å². The van der Waals surface area contributed by atoms with Crippen LogP contribution in [0.15, 0.2) is 12.3 Å². The van der Waals surface area contributed by atoms with E-state index >= 15 is 0 Å². The van der Waals surface area contributed by atoms with Crippen LogP contribution in [0.2, 0.25) is 0 Å². The first-order valence-electron chi connectivity index (χ1n) is 2.65. The van der Waals surface area contributed by atoms with Crippen LogP contribution in [0.4, 0.5) is 8.78 Å². The van der Waals surface area contributed by atoms with Gasteiger partial charge in [0.15, 0.2) is 0 Å². The Balaban J connectivity index is 2.65.